The summed E-state index contributed by atoms with van der Waals surface area (Å²) in [7, 11) is 0. The van der Waals surface area contributed by atoms with E-state index < -0.39 is 18.2 Å². The molecule has 0 radical (unpaired) electrons. The Balaban J connectivity index is 3.68. The third-order valence-electron chi connectivity index (χ3n) is 0.878. The first-order valence-corrected chi connectivity index (χ1v) is 2.91. The molecule has 2 unspecified atom stereocenters. The quantitative estimate of drug-likeness (QED) is 0.299. The second-order valence-electron chi connectivity index (χ2n) is 2.35. The van der Waals surface area contributed by atoms with E-state index >= 15 is 0 Å². The number of rotatable bonds is 3. The van der Waals surface area contributed by atoms with E-state index in [4.69, 9.17) is 20.4 Å². The molecule has 0 aromatic rings. The Bertz CT molecular complexity index is 98.3. The summed E-state index contributed by atoms with van der Waals surface area (Å²) >= 11 is 0. The third-order valence-corrected chi connectivity index (χ3v) is 0.878. The maximum absolute atomic E-state index is 8.78. The number of hydrogen-bond donors (Lipinski definition) is 5. The Morgan fingerprint density at radius 3 is 1.80 bits per heavy atom. The smallest absolute Gasteiger partial charge is 0.221 e. The molecule has 5 heteroatoms. The fourth-order valence-corrected chi connectivity index (χ4v) is 0.401. The Hall–Kier alpha value is -0.200. The molecule has 0 aliphatic heterocycles. The summed E-state index contributed by atoms with van der Waals surface area (Å²) in [5.41, 5.74) is 0. The van der Waals surface area contributed by atoms with Crippen molar-refractivity contribution in [2.75, 3.05) is 0 Å². The molecule has 0 aromatic carbocycles. The SMILES string of the molecule is CC(O)C(O)NC(C)(O)O. The van der Waals surface area contributed by atoms with Gasteiger partial charge in [0.2, 0.25) is 5.91 Å². The van der Waals surface area contributed by atoms with Crippen LogP contribution < -0.4 is 5.32 Å². The Kier molecular flexibility index (Phi) is 3.20. The predicted octanol–water partition coefficient (Wildman–Crippen LogP) is -2.07. The monoisotopic (exact) mass is 151 g/mol. The maximum atomic E-state index is 8.78. The van der Waals surface area contributed by atoms with E-state index in [0.29, 0.717) is 0 Å². The minimum Gasteiger partial charge on any atom is -0.389 e. The molecule has 0 aromatic heterocycles. The molecule has 0 amide bonds. The van der Waals surface area contributed by atoms with Crippen LogP contribution in [0.3, 0.4) is 0 Å². The van der Waals surface area contributed by atoms with Gasteiger partial charge < -0.3 is 20.4 Å². The molecule has 0 aliphatic carbocycles. The lowest BCUT2D eigenvalue weighted by atomic mass is 10.3. The molecular formula is C5H13NO4. The van der Waals surface area contributed by atoms with Gasteiger partial charge in [-0.05, 0) is 6.92 Å². The molecule has 0 saturated carbocycles. The molecule has 10 heavy (non-hydrogen) atoms. The fraction of sp³-hybridized carbons (Fsp3) is 1.00. The summed E-state index contributed by atoms with van der Waals surface area (Å²) in [4.78, 5) is 0. The summed E-state index contributed by atoms with van der Waals surface area (Å²) in [6.07, 6.45) is -2.38. The number of aliphatic hydroxyl groups excluding tert-OH is 2. The van der Waals surface area contributed by atoms with Gasteiger partial charge in [-0.15, -0.1) is 0 Å². The van der Waals surface area contributed by atoms with Gasteiger partial charge in [-0.1, -0.05) is 0 Å². The van der Waals surface area contributed by atoms with Crippen molar-refractivity contribution in [3.8, 4) is 0 Å². The molecule has 5 nitrogen and oxygen atoms in total. The van der Waals surface area contributed by atoms with E-state index in [9.17, 15) is 0 Å². The molecule has 5 N–H and O–H groups in total. The molecular weight excluding hydrogens is 138 g/mol. The average molecular weight is 151 g/mol. The van der Waals surface area contributed by atoms with Gasteiger partial charge in [0.25, 0.3) is 0 Å². The van der Waals surface area contributed by atoms with E-state index in [1.165, 1.54) is 6.92 Å². The number of nitrogens with one attached hydrogen (secondary N) is 1. The highest BCUT2D eigenvalue weighted by Crippen LogP contribution is 1.95. The van der Waals surface area contributed by atoms with Gasteiger partial charge in [0.15, 0.2) is 0 Å². The second-order valence-corrected chi connectivity index (χ2v) is 2.35. The summed E-state index contributed by atoms with van der Waals surface area (Å²) in [6.45, 7) is 2.36. The van der Waals surface area contributed by atoms with Gasteiger partial charge in [-0.3, -0.25) is 0 Å². The van der Waals surface area contributed by atoms with Gasteiger partial charge in [-0.2, -0.15) is 0 Å². The lowest BCUT2D eigenvalue weighted by Gasteiger charge is -2.23. The lowest BCUT2D eigenvalue weighted by molar-refractivity contribution is -0.201. The maximum Gasteiger partial charge on any atom is 0.221 e. The Labute approximate surface area is 58.9 Å². The largest absolute Gasteiger partial charge is 0.389 e. The minimum absolute atomic E-state index is 1.04. The van der Waals surface area contributed by atoms with Crippen LogP contribution in [0.5, 0.6) is 0 Å². The van der Waals surface area contributed by atoms with Gasteiger partial charge in [0.05, 0.1) is 6.10 Å². The van der Waals surface area contributed by atoms with Crippen LogP contribution in [0.1, 0.15) is 13.8 Å². The molecule has 2 atom stereocenters. The topological polar surface area (TPSA) is 93.0 Å². The first-order valence-electron chi connectivity index (χ1n) is 2.91. The number of aliphatic hydroxyl groups is 4. The predicted molar refractivity (Wildman–Crippen MR) is 33.7 cm³/mol. The molecule has 0 heterocycles. The van der Waals surface area contributed by atoms with Crippen molar-refractivity contribution in [3.63, 3.8) is 0 Å². The average Bonchev–Trinajstić information content (AvgIpc) is 1.60. The molecule has 0 saturated heterocycles. The number of hydrogen-bond acceptors (Lipinski definition) is 5. The van der Waals surface area contributed by atoms with E-state index in [1.54, 1.807) is 0 Å². The standard InChI is InChI=1S/C5H13NO4/c1-3(7)4(8)6-5(2,9)10/h3-4,6-10H,1-2H3. The van der Waals surface area contributed by atoms with E-state index in [2.05, 4.69) is 0 Å². The van der Waals surface area contributed by atoms with Crippen molar-refractivity contribution in [2.24, 2.45) is 0 Å². The molecule has 0 bridgehead atoms. The van der Waals surface area contributed by atoms with Crippen molar-refractivity contribution in [1.82, 2.24) is 5.32 Å². The van der Waals surface area contributed by atoms with Crippen LogP contribution in [0, 0.1) is 0 Å². The van der Waals surface area contributed by atoms with Crippen molar-refractivity contribution in [2.45, 2.75) is 32.1 Å². The Morgan fingerprint density at radius 1 is 1.30 bits per heavy atom. The molecule has 62 valence electrons. The second kappa shape index (κ2) is 3.27. The van der Waals surface area contributed by atoms with Crippen LogP contribution in [0.15, 0.2) is 0 Å². The third kappa shape index (κ3) is 4.66. The highest BCUT2D eigenvalue weighted by molar-refractivity contribution is 4.62. The van der Waals surface area contributed by atoms with Crippen LogP contribution in [0.25, 0.3) is 0 Å². The summed E-state index contributed by atoms with van der Waals surface area (Å²) in [5, 5.41) is 36.6. The first-order chi connectivity index (χ1) is 4.33. The van der Waals surface area contributed by atoms with Crippen molar-refractivity contribution in [1.29, 1.82) is 0 Å². The highest BCUT2D eigenvalue weighted by atomic mass is 16.5. The van der Waals surface area contributed by atoms with Crippen LogP contribution in [0.2, 0.25) is 0 Å². The molecule has 0 rings (SSSR count). The van der Waals surface area contributed by atoms with Crippen LogP contribution >= 0.6 is 0 Å². The summed E-state index contributed by atoms with van der Waals surface area (Å²) < 4.78 is 0. The zero-order valence-corrected chi connectivity index (χ0v) is 5.94. The van der Waals surface area contributed by atoms with Crippen molar-refractivity contribution in [3.05, 3.63) is 0 Å². The fourth-order valence-electron chi connectivity index (χ4n) is 0.401. The Morgan fingerprint density at radius 2 is 1.70 bits per heavy atom. The molecule has 0 fully saturated rings. The zero-order valence-electron chi connectivity index (χ0n) is 5.94. The van der Waals surface area contributed by atoms with Gasteiger partial charge in [-0.25, -0.2) is 5.32 Å². The minimum atomic E-state index is -2.16. The first kappa shape index (κ1) is 9.80. The molecule has 0 spiro atoms. The zero-order chi connectivity index (χ0) is 8.36. The van der Waals surface area contributed by atoms with E-state index in [0.717, 1.165) is 6.92 Å². The van der Waals surface area contributed by atoms with Gasteiger partial charge in [0.1, 0.15) is 6.23 Å². The highest BCUT2D eigenvalue weighted by Gasteiger charge is 2.21. The van der Waals surface area contributed by atoms with Crippen molar-refractivity contribution < 1.29 is 20.4 Å². The summed E-state index contributed by atoms with van der Waals surface area (Å²) in [6, 6.07) is 0. The van der Waals surface area contributed by atoms with Gasteiger partial charge >= 0.3 is 0 Å². The van der Waals surface area contributed by atoms with E-state index in [-0.39, 0.29) is 0 Å². The van der Waals surface area contributed by atoms with E-state index in [1.807, 2.05) is 5.32 Å². The van der Waals surface area contributed by atoms with Gasteiger partial charge in [0, 0.05) is 6.92 Å². The normalized spacial score (nSPS) is 18.6. The lowest BCUT2D eigenvalue weighted by Crippen LogP contribution is -2.51. The van der Waals surface area contributed by atoms with Crippen LogP contribution in [0.4, 0.5) is 0 Å². The van der Waals surface area contributed by atoms with Crippen LogP contribution in [-0.2, 0) is 0 Å². The van der Waals surface area contributed by atoms with Crippen molar-refractivity contribution >= 4 is 0 Å². The van der Waals surface area contributed by atoms with Crippen LogP contribution in [-0.4, -0.2) is 38.7 Å². The summed E-state index contributed by atoms with van der Waals surface area (Å²) in [5.74, 6) is -2.16. The molecule has 0 aliphatic rings.